The van der Waals surface area contributed by atoms with E-state index in [2.05, 4.69) is 5.32 Å². The average molecular weight is 380 g/mol. The number of nitrogens with zero attached hydrogens (tertiary/aromatic N) is 1. The number of epoxide rings is 1. The molecule has 9 nitrogen and oxygen atoms in total. The molecule has 2 unspecified atom stereocenters. The Morgan fingerprint density at radius 1 is 1.33 bits per heavy atom. The van der Waals surface area contributed by atoms with Crippen molar-refractivity contribution < 1.29 is 34.9 Å². The van der Waals surface area contributed by atoms with Crippen LogP contribution in [-0.2, 0) is 19.2 Å². The number of carbonyl (C=O) groups excluding carboxylic acids is 3. The van der Waals surface area contributed by atoms with Crippen molar-refractivity contribution in [2.75, 3.05) is 13.2 Å². The molecule has 3 rings (SSSR count). The maximum atomic E-state index is 12.0. The molecule has 27 heavy (non-hydrogen) atoms. The van der Waals surface area contributed by atoms with Crippen molar-refractivity contribution in [3.05, 3.63) is 24.3 Å². The Bertz CT molecular complexity index is 715. The van der Waals surface area contributed by atoms with Gasteiger partial charge in [-0.15, -0.1) is 5.06 Å². The van der Waals surface area contributed by atoms with Crippen LogP contribution in [0.2, 0.25) is 0 Å². The first-order chi connectivity index (χ1) is 13.1. The number of fused-ring (bicyclic) bond motifs is 1. The van der Waals surface area contributed by atoms with E-state index in [-0.39, 0.29) is 38.1 Å². The van der Waals surface area contributed by atoms with Gasteiger partial charge in [-0.25, -0.2) is 4.79 Å². The van der Waals surface area contributed by atoms with Crippen LogP contribution in [0.1, 0.15) is 34.0 Å². The van der Waals surface area contributed by atoms with Gasteiger partial charge in [0.15, 0.2) is 17.7 Å². The van der Waals surface area contributed by atoms with Crippen LogP contribution in [0.5, 0.6) is 11.5 Å². The standard InChI is InChI=1S/C18H22N2O7.H2/c1-2-19-15(21)8-5-11-24-12-6-3-4-7-13(12)26-18(23)27-20-16(22)10-9-14-17(20)25-14;/h3-4,6-7,14,17H,2,5,8-11H2,1H3,(H,19,21);1H. The second-order valence-corrected chi connectivity index (χ2v) is 6.12. The van der Waals surface area contributed by atoms with Crippen molar-refractivity contribution in [2.24, 2.45) is 0 Å². The third-order valence-corrected chi connectivity index (χ3v) is 4.07. The zero-order valence-electron chi connectivity index (χ0n) is 15.0. The van der Waals surface area contributed by atoms with E-state index in [0.717, 1.165) is 5.06 Å². The lowest BCUT2D eigenvalue weighted by Gasteiger charge is -2.21. The van der Waals surface area contributed by atoms with Crippen LogP contribution in [0.4, 0.5) is 4.79 Å². The SMILES string of the molecule is CCNC(=O)CCCOc1ccccc1OC(=O)ON1C(=O)CCC2OC21.[HH]. The van der Waals surface area contributed by atoms with Gasteiger partial charge in [-0.1, -0.05) is 12.1 Å². The van der Waals surface area contributed by atoms with E-state index in [0.29, 0.717) is 31.6 Å². The number of para-hydroxylation sites is 2. The topological polar surface area (TPSA) is 107 Å². The summed E-state index contributed by atoms with van der Waals surface area (Å²) in [6.07, 6.45) is 0.130. The predicted molar refractivity (Wildman–Crippen MR) is 93.8 cm³/mol. The number of hydrogen-bond acceptors (Lipinski definition) is 7. The largest absolute Gasteiger partial charge is 0.539 e. The molecule has 2 heterocycles. The van der Waals surface area contributed by atoms with E-state index in [1.54, 1.807) is 24.3 Å². The molecule has 1 aromatic carbocycles. The van der Waals surface area contributed by atoms with Gasteiger partial charge in [0.2, 0.25) is 5.91 Å². The molecule has 0 saturated carbocycles. The van der Waals surface area contributed by atoms with Gasteiger partial charge in [-0.3, -0.25) is 9.59 Å². The van der Waals surface area contributed by atoms with E-state index in [4.69, 9.17) is 19.0 Å². The van der Waals surface area contributed by atoms with Crippen LogP contribution >= 0.6 is 0 Å². The number of hydroxylamine groups is 2. The Morgan fingerprint density at radius 2 is 2.11 bits per heavy atom. The minimum absolute atomic E-state index is 0. The van der Waals surface area contributed by atoms with Crippen molar-refractivity contribution in [1.29, 1.82) is 0 Å². The molecular weight excluding hydrogens is 356 g/mol. The highest BCUT2D eigenvalue weighted by atomic mass is 16.9. The van der Waals surface area contributed by atoms with Gasteiger partial charge in [0.25, 0.3) is 5.91 Å². The summed E-state index contributed by atoms with van der Waals surface area (Å²) in [5, 5.41) is 3.63. The summed E-state index contributed by atoms with van der Waals surface area (Å²) in [6, 6.07) is 6.60. The van der Waals surface area contributed by atoms with E-state index in [1.165, 1.54) is 0 Å². The molecule has 2 aliphatic rings. The highest BCUT2D eigenvalue weighted by Gasteiger charge is 2.52. The van der Waals surface area contributed by atoms with Crippen LogP contribution in [0.15, 0.2) is 24.3 Å². The van der Waals surface area contributed by atoms with Crippen molar-refractivity contribution in [3.8, 4) is 11.5 Å². The highest BCUT2D eigenvalue weighted by Crippen LogP contribution is 2.35. The van der Waals surface area contributed by atoms with Gasteiger partial charge in [0, 0.05) is 20.8 Å². The number of nitrogens with one attached hydrogen (secondary N) is 1. The fourth-order valence-corrected chi connectivity index (χ4v) is 2.71. The molecule has 0 aliphatic carbocycles. The molecular formula is C18H24N2O7. The minimum atomic E-state index is -1.04. The quantitative estimate of drug-likeness (QED) is 0.318. The summed E-state index contributed by atoms with van der Waals surface area (Å²) in [5.74, 6) is 0.149. The lowest BCUT2D eigenvalue weighted by Crippen LogP contribution is -2.40. The van der Waals surface area contributed by atoms with Crippen molar-refractivity contribution in [3.63, 3.8) is 0 Å². The molecule has 148 valence electrons. The van der Waals surface area contributed by atoms with Gasteiger partial charge in [0.05, 0.1) is 6.61 Å². The third-order valence-electron chi connectivity index (χ3n) is 4.07. The van der Waals surface area contributed by atoms with Crippen molar-refractivity contribution in [1.82, 2.24) is 10.4 Å². The van der Waals surface area contributed by atoms with E-state index >= 15 is 0 Å². The van der Waals surface area contributed by atoms with Crippen LogP contribution in [0.25, 0.3) is 0 Å². The molecule has 2 amide bonds. The van der Waals surface area contributed by atoms with Crippen LogP contribution in [0, 0.1) is 0 Å². The van der Waals surface area contributed by atoms with Gasteiger partial charge < -0.3 is 24.4 Å². The molecule has 0 spiro atoms. The molecule has 0 aromatic heterocycles. The van der Waals surface area contributed by atoms with E-state index in [9.17, 15) is 14.4 Å². The summed E-state index contributed by atoms with van der Waals surface area (Å²) >= 11 is 0. The maximum absolute atomic E-state index is 12.0. The number of benzene rings is 1. The van der Waals surface area contributed by atoms with Crippen molar-refractivity contribution >= 4 is 18.0 Å². The first kappa shape index (κ1) is 19.0. The Morgan fingerprint density at radius 3 is 2.89 bits per heavy atom. The summed E-state index contributed by atoms with van der Waals surface area (Å²) in [5.41, 5.74) is 0. The van der Waals surface area contributed by atoms with Gasteiger partial charge in [0.1, 0.15) is 6.10 Å². The third kappa shape index (κ3) is 5.10. The molecule has 9 heteroatoms. The summed E-state index contributed by atoms with van der Waals surface area (Å²) in [4.78, 5) is 40.3. The minimum Gasteiger partial charge on any atom is -0.490 e. The van der Waals surface area contributed by atoms with Gasteiger partial charge in [-0.2, -0.15) is 0 Å². The highest BCUT2D eigenvalue weighted by molar-refractivity contribution is 5.78. The maximum Gasteiger partial charge on any atom is 0.539 e. The second kappa shape index (κ2) is 8.72. The second-order valence-electron chi connectivity index (χ2n) is 6.12. The van der Waals surface area contributed by atoms with Crippen LogP contribution < -0.4 is 14.8 Å². The van der Waals surface area contributed by atoms with Gasteiger partial charge >= 0.3 is 6.16 Å². The number of hydrogen-bond donors (Lipinski definition) is 1. The number of amides is 2. The van der Waals surface area contributed by atoms with Gasteiger partial charge in [-0.05, 0) is 31.9 Å². The number of rotatable bonds is 8. The zero-order chi connectivity index (χ0) is 19.2. The van der Waals surface area contributed by atoms with E-state index in [1.807, 2.05) is 6.92 Å². The number of piperidine rings is 1. The fourth-order valence-electron chi connectivity index (χ4n) is 2.71. The Balaban J connectivity index is 0.00000280. The average Bonchev–Trinajstić information content (AvgIpc) is 3.43. The lowest BCUT2D eigenvalue weighted by molar-refractivity contribution is -0.181. The number of carbonyl (C=O) groups is 3. The molecule has 1 aromatic rings. The summed E-state index contributed by atoms with van der Waals surface area (Å²) in [7, 11) is 0. The molecule has 2 saturated heterocycles. The normalized spacial score (nSPS) is 20.5. The molecule has 2 atom stereocenters. The van der Waals surface area contributed by atoms with Crippen LogP contribution in [0.3, 0.4) is 0 Å². The van der Waals surface area contributed by atoms with Crippen LogP contribution in [-0.4, -0.2) is 48.5 Å². The Labute approximate surface area is 157 Å². The Hall–Kier alpha value is -2.81. The molecule has 2 fully saturated rings. The Kier molecular flexibility index (Phi) is 6.12. The lowest BCUT2D eigenvalue weighted by atomic mass is 10.1. The first-order valence-corrected chi connectivity index (χ1v) is 8.94. The van der Waals surface area contributed by atoms with E-state index < -0.39 is 12.4 Å². The summed E-state index contributed by atoms with van der Waals surface area (Å²) < 4.78 is 16.0. The molecule has 0 radical (unpaired) electrons. The fraction of sp³-hybridized carbons (Fsp3) is 0.500. The molecule has 1 N–H and O–H groups in total. The predicted octanol–water partition coefficient (Wildman–Crippen LogP) is 2.01. The monoisotopic (exact) mass is 380 g/mol. The number of ether oxygens (including phenoxy) is 3. The zero-order valence-corrected chi connectivity index (χ0v) is 15.0. The molecule has 2 aliphatic heterocycles. The van der Waals surface area contributed by atoms with Crippen molar-refractivity contribution in [2.45, 2.75) is 44.9 Å². The smallest absolute Gasteiger partial charge is 0.490 e. The first-order valence-electron chi connectivity index (χ1n) is 8.94. The summed E-state index contributed by atoms with van der Waals surface area (Å²) in [6.45, 7) is 2.73. The molecule has 0 bridgehead atoms.